The van der Waals surface area contributed by atoms with Crippen molar-refractivity contribution in [2.75, 3.05) is 23.3 Å². The Morgan fingerprint density at radius 3 is 2.38 bits per heavy atom. The molecule has 1 aliphatic heterocycles. The maximum atomic E-state index is 4.19. The first-order chi connectivity index (χ1) is 12.9. The van der Waals surface area contributed by atoms with Crippen molar-refractivity contribution in [2.24, 2.45) is 0 Å². The lowest BCUT2D eigenvalue weighted by atomic mass is 10.2. The molecule has 0 amide bonds. The van der Waals surface area contributed by atoms with Crippen molar-refractivity contribution >= 4 is 11.4 Å². The Bertz CT molecular complexity index is 821. The summed E-state index contributed by atoms with van der Waals surface area (Å²) in [5.41, 5.74) is 3.38. The smallest absolute Gasteiger partial charge is 0.175 e. The molecule has 0 atom stereocenters. The van der Waals surface area contributed by atoms with Gasteiger partial charge in [0.1, 0.15) is 0 Å². The van der Waals surface area contributed by atoms with Gasteiger partial charge < -0.3 is 10.2 Å². The number of anilines is 2. The van der Waals surface area contributed by atoms with Crippen LogP contribution in [0.5, 0.6) is 0 Å². The van der Waals surface area contributed by atoms with Gasteiger partial charge in [-0.2, -0.15) is 4.68 Å². The van der Waals surface area contributed by atoms with Gasteiger partial charge in [0.05, 0.1) is 23.6 Å². The molecule has 0 unspecified atom stereocenters. The van der Waals surface area contributed by atoms with Gasteiger partial charge in [-0.15, -0.1) is 5.10 Å². The van der Waals surface area contributed by atoms with Gasteiger partial charge in [0.15, 0.2) is 5.82 Å². The number of benzene rings is 2. The van der Waals surface area contributed by atoms with Crippen LogP contribution in [0.15, 0.2) is 54.6 Å². The Hall–Kier alpha value is -2.89. The van der Waals surface area contributed by atoms with E-state index < -0.39 is 0 Å². The Kier molecular flexibility index (Phi) is 5.09. The molecule has 0 bridgehead atoms. The molecule has 6 heteroatoms. The number of aromatic nitrogens is 4. The third-order valence-electron chi connectivity index (χ3n) is 4.82. The van der Waals surface area contributed by atoms with Gasteiger partial charge in [0.2, 0.25) is 0 Å². The molecular formula is C20H24N6. The lowest BCUT2D eigenvalue weighted by Gasteiger charge is -2.25. The number of nitrogens with zero attached hydrogens (tertiary/aromatic N) is 5. The minimum absolute atomic E-state index is 0.576. The number of hydrogen-bond donors (Lipinski definition) is 1. The second-order valence-corrected chi connectivity index (χ2v) is 6.61. The van der Waals surface area contributed by atoms with Gasteiger partial charge >= 0.3 is 0 Å². The van der Waals surface area contributed by atoms with Crippen LogP contribution in [-0.4, -0.2) is 33.3 Å². The molecule has 6 nitrogen and oxygen atoms in total. The summed E-state index contributed by atoms with van der Waals surface area (Å²) in [6.45, 7) is 2.83. The summed E-state index contributed by atoms with van der Waals surface area (Å²) in [7, 11) is 0. The van der Waals surface area contributed by atoms with Crippen LogP contribution in [0.25, 0.3) is 5.69 Å². The molecule has 1 aromatic heterocycles. The minimum atomic E-state index is 0.576. The summed E-state index contributed by atoms with van der Waals surface area (Å²) in [5, 5.41) is 15.7. The first-order valence-corrected chi connectivity index (χ1v) is 9.32. The molecule has 4 rings (SSSR count). The van der Waals surface area contributed by atoms with E-state index in [1.807, 2.05) is 30.3 Å². The first-order valence-electron chi connectivity index (χ1n) is 9.32. The highest BCUT2D eigenvalue weighted by atomic mass is 15.5. The predicted molar refractivity (Wildman–Crippen MR) is 104 cm³/mol. The quantitative estimate of drug-likeness (QED) is 0.762. The third kappa shape index (κ3) is 3.69. The summed E-state index contributed by atoms with van der Waals surface area (Å²) in [4.78, 5) is 2.50. The lowest BCUT2D eigenvalue weighted by molar-refractivity contribution is 0.726. The molecule has 2 heterocycles. The van der Waals surface area contributed by atoms with Crippen molar-refractivity contribution < 1.29 is 0 Å². The molecule has 1 saturated heterocycles. The minimum Gasteiger partial charge on any atom is -0.376 e. The Labute approximate surface area is 153 Å². The molecule has 0 saturated carbocycles. The van der Waals surface area contributed by atoms with Crippen molar-refractivity contribution in [3.63, 3.8) is 0 Å². The molecule has 26 heavy (non-hydrogen) atoms. The highest BCUT2D eigenvalue weighted by Crippen LogP contribution is 2.28. The second-order valence-electron chi connectivity index (χ2n) is 6.61. The van der Waals surface area contributed by atoms with E-state index in [-0.39, 0.29) is 0 Å². The predicted octanol–water partition coefficient (Wildman–Crippen LogP) is 3.65. The van der Waals surface area contributed by atoms with E-state index in [2.05, 4.69) is 50.0 Å². The summed E-state index contributed by atoms with van der Waals surface area (Å²) < 4.78 is 1.78. The number of para-hydroxylation sites is 3. The van der Waals surface area contributed by atoms with Crippen LogP contribution in [-0.2, 0) is 6.54 Å². The Balaban J connectivity index is 1.52. The summed E-state index contributed by atoms with van der Waals surface area (Å²) >= 11 is 0. The van der Waals surface area contributed by atoms with E-state index in [1.54, 1.807) is 4.68 Å². The average Bonchev–Trinajstić information content (AvgIpc) is 3.00. The van der Waals surface area contributed by atoms with Crippen molar-refractivity contribution in [2.45, 2.75) is 32.2 Å². The maximum absolute atomic E-state index is 4.19. The van der Waals surface area contributed by atoms with Gasteiger partial charge in [-0.05, 0) is 47.5 Å². The zero-order valence-corrected chi connectivity index (χ0v) is 14.9. The standard InChI is InChI=1S/C20H24N6/c1-2-9-15-25(14-8-1)19-13-7-6-12-18(19)21-16-20-22-23-24-26(20)17-10-4-3-5-11-17/h3-7,10-13,21H,1-2,8-9,14-16H2. The summed E-state index contributed by atoms with van der Waals surface area (Å²) in [6.07, 6.45) is 5.19. The first kappa shape index (κ1) is 16.6. The molecule has 0 spiro atoms. The average molecular weight is 348 g/mol. The largest absolute Gasteiger partial charge is 0.376 e. The van der Waals surface area contributed by atoms with Crippen LogP contribution >= 0.6 is 0 Å². The molecule has 0 aliphatic carbocycles. The van der Waals surface area contributed by atoms with Gasteiger partial charge in [0, 0.05) is 13.1 Å². The van der Waals surface area contributed by atoms with Gasteiger partial charge in [-0.3, -0.25) is 0 Å². The lowest BCUT2D eigenvalue weighted by Crippen LogP contribution is -2.25. The van der Waals surface area contributed by atoms with E-state index in [0.29, 0.717) is 6.54 Å². The SMILES string of the molecule is c1ccc(-n2nnnc2CNc2ccccc2N2CCCCCC2)cc1. The third-order valence-corrected chi connectivity index (χ3v) is 4.82. The van der Waals surface area contributed by atoms with E-state index in [4.69, 9.17) is 0 Å². The fourth-order valence-corrected chi connectivity index (χ4v) is 3.47. The molecule has 1 N–H and O–H groups in total. The monoisotopic (exact) mass is 348 g/mol. The molecular weight excluding hydrogens is 324 g/mol. The van der Waals surface area contributed by atoms with Crippen LogP contribution in [0.1, 0.15) is 31.5 Å². The normalized spacial score (nSPS) is 14.8. The molecule has 1 aliphatic rings. The topological polar surface area (TPSA) is 58.9 Å². The van der Waals surface area contributed by atoms with E-state index >= 15 is 0 Å². The fourth-order valence-electron chi connectivity index (χ4n) is 3.47. The zero-order chi connectivity index (χ0) is 17.6. The van der Waals surface area contributed by atoms with Gasteiger partial charge in [0.25, 0.3) is 0 Å². The van der Waals surface area contributed by atoms with Gasteiger partial charge in [-0.1, -0.05) is 43.2 Å². The Morgan fingerprint density at radius 1 is 0.846 bits per heavy atom. The highest BCUT2D eigenvalue weighted by Gasteiger charge is 2.14. The van der Waals surface area contributed by atoms with Crippen molar-refractivity contribution in [1.29, 1.82) is 0 Å². The van der Waals surface area contributed by atoms with E-state index in [1.165, 1.54) is 31.4 Å². The van der Waals surface area contributed by atoms with Crippen LogP contribution in [0.2, 0.25) is 0 Å². The highest BCUT2D eigenvalue weighted by molar-refractivity contribution is 5.70. The second kappa shape index (κ2) is 7.99. The molecule has 0 radical (unpaired) electrons. The van der Waals surface area contributed by atoms with E-state index in [9.17, 15) is 0 Å². The number of rotatable bonds is 5. The number of tetrazole rings is 1. The molecule has 2 aromatic carbocycles. The van der Waals surface area contributed by atoms with Crippen LogP contribution < -0.4 is 10.2 Å². The zero-order valence-electron chi connectivity index (χ0n) is 14.9. The number of hydrogen-bond acceptors (Lipinski definition) is 5. The van der Waals surface area contributed by atoms with Crippen LogP contribution in [0.4, 0.5) is 11.4 Å². The number of nitrogens with one attached hydrogen (secondary N) is 1. The van der Waals surface area contributed by atoms with Crippen molar-refractivity contribution in [1.82, 2.24) is 20.2 Å². The molecule has 3 aromatic rings. The Morgan fingerprint density at radius 2 is 1.58 bits per heavy atom. The van der Waals surface area contributed by atoms with E-state index in [0.717, 1.165) is 30.3 Å². The molecule has 1 fully saturated rings. The van der Waals surface area contributed by atoms with Crippen molar-refractivity contribution in [3.05, 3.63) is 60.4 Å². The van der Waals surface area contributed by atoms with Crippen LogP contribution in [0.3, 0.4) is 0 Å². The van der Waals surface area contributed by atoms with Gasteiger partial charge in [-0.25, -0.2) is 0 Å². The summed E-state index contributed by atoms with van der Waals surface area (Å²) in [6, 6.07) is 18.5. The molecule has 134 valence electrons. The maximum Gasteiger partial charge on any atom is 0.175 e. The fraction of sp³-hybridized carbons (Fsp3) is 0.350. The summed E-state index contributed by atoms with van der Waals surface area (Å²) in [5.74, 6) is 0.793. The van der Waals surface area contributed by atoms with Crippen molar-refractivity contribution in [3.8, 4) is 5.69 Å². The van der Waals surface area contributed by atoms with Crippen LogP contribution in [0, 0.1) is 0 Å².